The van der Waals surface area contributed by atoms with Crippen molar-refractivity contribution in [3.8, 4) is 0 Å². The number of aryl methyl sites for hydroxylation is 1. The molecule has 1 fully saturated rings. The Kier molecular flexibility index (Phi) is 3.42. The smallest absolute Gasteiger partial charge is 0.408 e. The summed E-state index contributed by atoms with van der Waals surface area (Å²) >= 11 is 0. The average molecular weight is 267 g/mol. The fourth-order valence-corrected chi connectivity index (χ4v) is 2.52. The second-order valence-electron chi connectivity index (χ2n) is 5.15. The minimum atomic E-state index is -0.351. The Labute approximate surface area is 118 Å². The summed E-state index contributed by atoms with van der Waals surface area (Å²) in [6.45, 7) is 2.05. The zero-order chi connectivity index (χ0) is 13.9. The standard InChI is InChI=1S/C17H17NO2/c1-12-7-9-14(10-8-12)16-11-15(18-17(19)20-16)13-5-3-2-4-6-13/h2-10,15-16H,11H2,1H3,(H,18,19). The maximum absolute atomic E-state index is 11.8. The van der Waals surface area contributed by atoms with Gasteiger partial charge in [0.15, 0.2) is 0 Å². The Hall–Kier alpha value is -2.29. The number of hydrogen-bond donors (Lipinski definition) is 1. The minimum Gasteiger partial charge on any atom is -0.441 e. The Morgan fingerprint density at radius 1 is 1.00 bits per heavy atom. The third-order valence-electron chi connectivity index (χ3n) is 3.64. The SMILES string of the molecule is Cc1ccc(C2CC(c3ccccc3)NC(=O)O2)cc1. The minimum absolute atomic E-state index is 0.00348. The summed E-state index contributed by atoms with van der Waals surface area (Å²) in [5.74, 6) is 0. The van der Waals surface area contributed by atoms with Crippen LogP contribution in [0.15, 0.2) is 54.6 Å². The molecule has 0 saturated carbocycles. The van der Waals surface area contributed by atoms with E-state index in [1.165, 1.54) is 5.56 Å². The van der Waals surface area contributed by atoms with Crippen LogP contribution >= 0.6 is 0 Å². The molecule has 0 aliphatic carbocycles. The van der Waals surface area contributed by atoms with Gasteiger partial charge in [0.25, 0.3) is 0 Å². The third kappa shape index (κ3) is 2.67. The lowest BCUT2D eigenvalue weighted by atomic mass is 9.95. The molecule has 2 aromatic rings. The number of amides is 1. The van der Waals surface area contributed by atoms with Crippen LogP contribution in [0.3, 0.4) is 0 Å². The topological polar surface area (TPSA) is 38.3 Å². The van der Waals surface area contributed by atoms with Crippen LogP contribution in [0.1, 0.15) is 35.3 Å². The highest BCUT2D eigenvalue weighted by atomic mass is 16.6. The summed E-state index contributed by atoms with van der Waals surface area (Å²) in [7, 11) is 0. The van der Waals surface area contributed by atoms with Crippen LogP contribution in [0.5, 0.6) is 0 Å². The Morgan fingerprint density at radius 2 is 1.70 bits per heavy atom. The molecule has 20 heavy (non-hydrogen) atoms. The number of cyclic esters (lactones) is 1. The van der Waals surface area contributed by atoms with Crippen molar-refractivity contribution >= 4 is 6.09 Å². The van der Waals surface area contributed by atoms with Crippen LogP contribution in [0, 0.1) is 6.92 Å². The first kappa shape index (κ1) is 12.7. The van der Waals surface area contributed by atoms with Gasteiger partial charge < -0.3 is 10.1 Å². The molecule has 2 unspecified atom stereocenters. The average Bonchev–Trinajstić information content (AvgIpc) is 2.48. The number of carbonyl (C=O) groups excluding carboxylic acids is 1. The number of carbonyl (C=O) groups is 1. The van der Waals surface area contributed by atoms with Crippen molar-refractivity contribution in [2.75, 3.05) is 0 Å². The monoisotopic (exact) mass is 267 g/mol. The Balaban J connectivity index is 1.83. The summed E-state index contributed by atoms with van der Waals surface area (Å²) < 4.78 is 5.41. The second-order valence-corrected chi connectivity index (χ2v) is 5.15. The molecular formula is C17H17NO2. The van der Waals surface area contributed by atoms with Gasteiger partial charge in [-0.2, -0.15) is 0 Å². The normalized spacial score (nSPS) is 21.9. The molecule has 1 amide bonds. The molecule has 3 nitrogen and oxygen atoms in total. The van der Waals surface area contributed by atoms with Gasteiger partial charge in [-0.3, -0.25) is 0 Å². The molecule has 1 saturated heterocycles. The van der Waals surface area contributed by atoms with E-state index < -0.39 is 0 Å². The molecule has 0 aromatic heterocycles. The molecule has 3 heteroatoms. The number of alkyl carbamates (subject to hydrolysis) is 1. The molecule has 0 bridgehead atoms. The third-order valence-corrected chi connectivity index (χ3v) is 3.64. The maximum Gasteiger partial charge on any atom is 0.408 e. The van der Waals surface area contributed by atoms with Crippen LogP contribution in [-0.4, -0.2) is 6.09 Å². The zero-order valence-electron chi connectivity index (χ0n) is 11.4. The molecule has 1 N–H and O–H groups in total. The lowest BCUT2D eigenvalue weighted by Gasteiger charge is -2.30. The number of hydrogen-bond acceptors (Lipinski definition) is 2. The number of benzene rings is 2. The maximum atomic E-state index is 11.8. The van der Waals surface area contributed by atoms with Gasteiger partial charge in [-0.25, -0.2) is 4.79 Å². The highest BCUT2D eigenvalue weighted by molar-refractivity contribution is 5.69. The summed E-state index contributed by atoms with van der Waals surface area (Å²) in [5.41, 5.74) is 3.36. The van der Waals surface area contributed by atoms with Crippen molar-refractivity contribution in [1.29, 1.82) is 0 Å². The van der Waals surface area contributed by atoms with E-state index in [0.29, 0.717) is 0 Å². The van der Waals surface area contributed by atoms with Gasteiger partial charge in [0.2, 0.25) is 0 Å². The van der Waals surface area contributed by atoms with Crippen LogP contribution in [0.25, 0.3) is 0 Å². The highest BCUT2D eigenvalue weighted by Gasteiger charge is 2.29. The van der Waals surface area contributed by atoms with E-state index in [2.05, 4.69) is 5.32 Å². The van der Waals surface area contributed by atoms with Crippen LogP contribution < -0.4 is 5.32 Å². The zero-order valence-corrected chi connectivity index (χ0v) is 11.4. The molecule has 0 radical (unpaired) electrons. The van der Waals surface area contributed by atoms with Crippen molar-refractivity contribution in [3.63, 3.8) is 0 Å². The Morgan fingerprint density at radius 3 is 2.40 bits per heavy atom. The second kappa shape index (κ2) is 5.37. The number of nitrogens with one attached hydrogen (secondary N) is 1. The van der Waals surface area contributed by atoms with Crippen molar-refractivity contribution in [3.05, 3.63) is 71.3 Å². The van der Waals surface area contributed by atoms with Gasteiger partial charge in [0, 0.05) is 6.42 Å². The molecule has 3 rings (SSSR count). The van der Waals surface area contributed by atoms with Gasteiger partial charge in [0.1, 0.15) is 6.10 Å². The van der Waals surface area contributed by atoms with E-state index >= 15 is 0 Å². The largest absolute Gasteiger partial charge is 0.441 e. The lowest BCUT2D eigenvalue weighted by molar-refractivity contribution is 0.0581. The lowest BCUT2D eigenvalue weighted by Crippen LogP contribution is -2.37. The van der Waals surface area contributed by atoms with Crippen molar-refractivity contribution < 1.29 is 9.53 Å². The van der Waals surface area contributed by atoms with E-state index in [0.717, 1.165) is 17.5 Å². The van der Waals surface area contributed by atoms with E-state index in [4.69, 9.17) is 4.74 Å². The number of rotatable bonds is 2. The molecule has 2 atom stereocenters. The fourth-order valence-electron chi connectivity index (χ4n) is 2.52. The van der Waals surface area contributed by atoms with E-state index in [1.807, 2.05) is 61.5 Å². The number of ether oxygens (including phenoxy) is 1. The van der Waals surface area contributed by atoms with Gasteiger partial charge in [-0.1, -0.05) is 60.2 Å². The molecular weight excluding hydrogens is 250 g/mol. The Bertz CT molecular complexity index is 592. The molecule has 1 aliphatic heterocycles. The quantitative estimate of drug-likeness (QED) is 0.896. The summed E-state index contributed by atoms with van der Waals surface area (Å²) in [4.78, 5) is 11.8. The predicted octanol–water partition coefficient (Wildman–Crippen LogP) is 3.91. The summed E-state index contributed by atoms with van der Waals surface area (Å²) in [5, 5.41) is 2.88. The van der Waals surface area contributed by atoms with Gasteiger partial charge in [-0.15, -0.1) is 0 Å². The summed E-state index contributed by atoms with van der Waals surface area (Å²) in [6, 6.07) is 18.2. The predicted molar refractivity (Wildman–Crippen MR) is 77.3 cm³/mol. The fraction of sp³-hybridized carbons (Fsp3) is 0.235. The van der Waals surface area contributed by atoms with E-state index in [9.17, 15) is 4.79 Å². The molecule has 0 spiro atoms. The van der Waals surface area contributed by atoms with Gasteiger partial charge in [-0.05, 0) is 18.1 Å². The molecule has 102 valence electrons. The van der Waals surface area contributed by atoms with Crippen LogP contribution in [0.2, 0.25) is 0 Å². The molecule has 1 aliphatic rings. The van der Waals surface area contributed by atoms with Gasteiger partial charge in [0.05, 0.1) is 6.04 Å². The van der Waals surface area contributed by atoms with E-state index in [-0.39, 0.29) is 18.2 Å². The van der Waals surface area contributed by atoms with Crippen LogP contribution in [0.4, 0.5) is 4.79 Å². The molecule has 1 heterocycles. The summed E-state index contributed by atoms with van der Waals surface area (Å²) in [6.07, 6.45) is 0.212. The van der Waals surface area contributed by atoms with Crippen molar-refractivity contribution in [2.24, 2.45) is 0 Å². The van der Waals surface area contributed by atoms with E-state index in [1.54, 1.807) is 0 Å². The highest BCUT2D eigenvalue weighted by Crippen LogP contribution is 2.33. The van der Waals surface area contributed by atoms with Crippen molar-refractivity contribution in [1.82, 2.24) is 5.32 Å². The first-order valence-corrected chi connectivity index (χ1v) is 6.81. The first-order valence-electron chi connectivity index (χ1n) is 6.81. The van der Waals surface area contributed by atoms with Crippen LogP contribution in [-0.2, 0) is 4.74 Å². The van der Waals surface area contributed by atoms with Crippen molar-refractivity contribution in [2.45, 2.75) is 25.5 Å². The van der Waals surface area contributed by atoms with Gasteiger partial charge >= 0.3 is 6.09 Å². The molecule has 2 aromatic carbocycles. The first-order chi connectivity index (χ1) is 9.72.